The summed E-state index contributed by atoms with van der Waals surface area (Å²) >= 11 is 0. The summed E-state index contributed by atoms with van der Waals surface area (Å²) in [7, 11) is 1.68. The van der Waals surface area contributed by atoms with E-state index in [0.29, 0.717) is 12.1 Å². The van der Waals surface area contributed by atoms with E-state index < -0.39 is 0 Å². The summed E-state index contributed by atoms with van der Waals surface area (Å²) in [5.74, 6) is 0.855. The van der Waals surface area contributed by atoms with Crippen molar-refractivity contribution in [3.63, 3.8) is 0 Å². The Hall–Kier alpha value is -3.44. The van der Waals surface area contributed by atoms with Crippen LogP contribution in [0, 0.1) is 0 Å². The van der Waals surface area contributed by atoms with Crippen molar-refractivity contribution in [2.45, 2.75) is 25.6 Å². The largest absolute Gasteiger partial charge is 0.497 e. The minimum atomic E-state index is -0.0457. The number of rotatable bonds is 5. The predicted octanol–water partition coefficient (Wildman–Crippen LogP) is 4.87. The van der Waals surface area contributed by atoms with Gasteiger partial charge in [-0.3, -0.25) is 9.69 Å². The summed E-state index contributed by atoms with van der Waals surface area (Å²) in [4.78, 5) is 15.6. The van der Waals surface area contributed by atoms with Crippen molar-refractivity contribution in [2.24, 2.45) is 0 Å². The summed E-state index contributed by atoms with van der Waals surface area (Å²) in [5.41, 5.74) is 3.06. The number of methoxy groups -OCH3 is 1. The van der Waals surface area contributed by atoms with Gasteiger partial charge in [0.2, 0.25) is 0 Å². The van der Waals surface area contributed by atoms with Crippen molar-refractivity contribution < 1.29 is 4.74 Å². The third-order valence-corrected chi connectivity index (χ3v) is 6.09. The van der Waals surface area contributed by atoms with Crippen LogP contribution in [-0.2, 0) is 6.67 Å². The molecule has 5 heteroatoms. The van der Waals surface area contributed by atoms with Crippen LogP contribution in [0.1, 0.15) is 24.4 Å². The Morgan fingerprint density at radius 1 is 0.935 bits per heavy atom. The van der Waals surface area contributed by atoms with Crippen LogP contribution in [0.3, 0.4) is 0 Å². The second-order valence-corrected chi connectivity index (χ2v) is 7.95. The molecule has 1 aliphatic heterocycles. The molecule has 0 amide bonds. The van der Waals surface area contributed by atoms with Gasteiger partial charge in [0.25, 0.3) is 5.56 Å². The highest BCUT2D eigenvalue weighted by Crippen LogP contribution is 2.33. The van der Waals surface area contributed by atoms with Gasteiger partial charge in [-0.1, -0.05) is 60.7 Å². The molecule has 5 nitrogen and oxygen atoms in total. The molecule has 31 heavy (non-hydrogen) atoms. The normalized spacial score (nSPS) is 16.6. The van der Waals surface area contributed by atoms with Crippen molar-refractivity contribution in [1.82, 2.24) is 14.7 Å². The van der Waals surface area contributed by atoms with Crippen molar-refractivity contribution in [1.29, 1.82) is 0 Å². The van der Waals surface area contributed by atoms with Crippen molar-refractivity contribution in [3.8, 4) is 17.0 Å². The van der Waals surface area contributed by atoms with E-state index in [1.807, 2.05) is 66.7 Å². The van der Waals surface area contributed by atoms with E-state index >= 15 is 0 Å². The van der Waals surface area contributed by atoms with E-state index in [0.717, 1.165) is 41.8 Å². The molecular weight excluding hydrogens is 386 g/mol. The maximum Gasteiger partial charge on any atom is 0.275 e. The zero-order valence-corrected chi connectivity index (χ0v) is 17.6. The molecule has 5 rings (SSSR count). The average molecular weight is 412 g/mol. The molecule has 3 aromatic carbocycles. The smallest absolute Gasteiger partial charge is 0.275 e. The van der Waals surface area contributed by atoms with Crippen molar-refractivity contribution >= 4 is 10.8 Å². The molecule has 0 bridgehead atoms. The lowest BCUT2D eigenvalue weighted by atomic mass is 10.0. The van der Waals surface area contributed by atoms with Gasteiger partial charge in [0.1, 0.15) is 5.75 Å². The lowest BCUT2D eigenvalue weighted by molar-refractivity contribution is 0.188. The molecule has 1 saturated heterocycles. The molecule has 0 N–H and O–H groups in total. The summed E-state index contributed by atoms with van der Waals surface area (Å²) in [6.45, 7) is 1.42. The standard InChI is InChI=1S/C26H25N3O2/c1-31-21-15-13-19(14-16-21)24-12-7-17-28(24)18-29-26(30)23-11-6-5-10-22(23)25(27-29)20-8-3-2-4-9-20/h2-6,8-11,13-16,24H,7,12,17-18H2,1H3/t24-/m0/s1. The van der Waals surface area contributed by atoms with E-state index in [2.05, 4.69) is 17.0 Å². The Morgan fingerprint density at radius 3 is 2.39 bits per heavy atom. The number of benzene rings is 3. The summed E-state index contributed by atoms with van der Waals surface area (Å²) < 4.78 is 6.93. The van der Waals surface area contributed by atoms with Crippen LogP contribution in [0.5, 0.6) is 5.75 Å². The molecule has 2 heterocycles. The minimum Gasteiger partial charge on any atom is -0.497 e. The van der Waals surface area contributed by atoms with Crippen molar-refractivity contribution in [3.05, 3.63) is 94.8 Å². The number of ether oxygens (including phenoxy) is 1. The van der Waals surface area contributed by atoms with Gasteiger partial charge in [-0.2, -0.15) is 5.10 Å². The maximum atomic E-state index is 13.3. The molecule has 0 unspecified atom stereocenters. The molecule has 0 aliphatic carbocycles. The average Bonchev–Trinajstić information content (AvgIpc) is 3.30. The van der Waals surface area contributed by atoms with Crippen LogP contribution in [0.15, 0.2) is 83.7 Å². The van der Waals surface area contributed by atoms with Crippen LogP contribution in [-0.4, -0.2) is 28.3 Å². The fourth-order valence-electron chi connectivity index (χ4n) is 4.51. The second kappa shape index (κ2) is 8.36. The van der Waals surface area contributed by atoms with E-state index in [1.165, 1.54) is 5.56 Å². The van der Waals surface area contributed by atoms with E-state index in [-0.39, 0.29) is 11.6 Å². The zero-order valence-electron chi connectivity index (χ0n) is 17.6. The fourth-order valence-corrected chi connectivity index (χ4v) is 4.51. The molecular formula is C26H25N3O2. The number of likely N-dealkylation sites (tertiary alicyclic amines) is 1. The summed E-state index contributed by atoms with van der Waals surface area (Å²) in [5, 5.41) is 6.43. The Morgan fingerprint density at radius 2 is 1.65 bits per heavy atom. The molecule has 4 aromatic rings. The van der Waals surface area contributed by atoms with Crippen LogP contribution in [0.2, 0.25) is 0 Å². The summed E-state index contributed by atoms with van der Waals surface area (Å²) in [6, 6.07) is 26.3. The number of nitrogens with zero attached hydrogens (tertiary/aromatic N) is 3. The van der Waals surface area contributed by atoms with Gasteiger partial charge in [-0.25, -0.2) is 4.68 Å². The summed E-state index contributed by atoms with van der Waals surface area (Å²) in [6.07, 6.45) is 2.17. The molecule has 1 aromatic heterocycles. The number of hydrogen-bond donors (Lipinski definition) is 0. The Labute approximate surface area is 181 Å². The van der Waals surface area contributed by atoms with Gasteiger partial charge in [-0.15, -0.1) is 0 Å². The van der Waals surface area contributed by atoms with Gasteiger partial charge in [0, 0.05) is 23.5 Å². The number of fused-ring (bicyclic) bond motifs is 1. The lowest BCUT2D eigenvalue weighted by Crippen LogP contribution is -2.34. The molecule has 1 fully saturated rings. The molecule has 1 aliphatic rings. The van der Waals surface area contributed by atoms with Crippen LogP contribution < -0.4 is 10.3 Å². The van der Waals surface area contributed by atoms with Crippen LogP contribution >= 0.6 is 0 Å². The molecule has 0 radical (unpaired) electrons. The zero-order chi connectivity index (χ0) is 21.2. The van der Waals surface area contributed by atoms with Crippen LogP contribution in [0.4, 0.5) is 0 Å². The van der Waals surface area contributed by atoms with Gasteiger partial charge >= 0.3 is 0 Å². The highest BCUT2D eigenvalue weighted by molar-refractivity contribution is 5.93. The van der Waals surface area contributed by atoms with E-state index in [4.69, 9.17) is 9.84 Å². The fraction of sp³-hybridized carbons (Fsp3) is 0.231. The minimum absolute atomic E-state index is 0.0457. The maximum absolute atomic E-state index is 13.3. The van der Waals surface area contributed by atoms with Gasteiger partial charge < -0.3 is 4.74 Å². The second-order valence-electron chi connectivity index (χ2n) is 7.95. The molecule has 0 spiro atoms. The molecule has 1 atom stereocenters. The Kier molecular flexibility index (Phi) is 5.26. The molecule has 156 valence electrons. The van der Waals surface area contributed by atoms with Crippen molar-refractivity contribution in [2.75, 3.05) is 13.7 Å². The number of aromatic nitrogens is 2. The van der Waals surface area contributed by atoms with Crippen LogP contribution in [0.25, 0.3) is 22.0 Å². The Balaban J connectivity index is 1.54. The van der Waals surface area contributed by atoms with E-state index in [9.17, 15) is 4.79 Å². The first kappa shape index (κ1) is 19.5. The third-order valence-electron chi connectivity index (χ3n) is 6.09. The monoisotopic (exact) mass is 411 g/mol. The lowest BCUT2D eigenvalue weighted by Gasteiger charge is -2.25. The SMILES string of the molecule is COc1ccc([C@@H]2CCCN2Cn2nc(-c3ccccc3)c3ccccc3c2=O)cc1. The third kappa shape index (κ3) is 3.73. The first-order valence-corrected chi connectivity index (χ1v) is 10.7. The first-order valence-electron chi connectivity index (χ1n) is 10.7. The number of hydrogen-bond acceptors (Lipinski definition) is 4. The molecule has 0 saturated carbocycles. The predicted molar refractivity (Wildman–Crippen MR) is 123 cm³/mol. The quantitative estimate of drug-likeness (QED) is 0.470. The topological polar surface area (TPSA) is 47.4 Å². The van der Waals surface area contributed by atoms with Gasteiger partial charge in [-0.05, 0) is 36.6 Å². The van der Waals surface area contributed by atoms with E-state index in [1.54, 1.807) is 11.8 Å². The first-order chi connectivity index (χ1) is 15.2. The Bertz CT molecular complexity index is 1250. The highest BCUT2D eigenvalue weighted by Gasteiger charge is 2.27. The highest BCUT2D eigenvalue weighted by atomic mass is 16.5. The van der Waals surface area contributed by atoms with Gasteiger partial charge in [0.15, 0.2) is 0 Å². The van der Waals surface area contributed by atoms with Gasteiger partial charge in [0.05, 0.1) is 24.9 Å².